The first-order valence-electron chi connectivity index (χ1n) is 8.50. The van der Waals surface area contributed by atoms with Gasteiger partial charge in [0.2, 0.25) is 11.8 Å². The Labute approximate surface area is 138 Å². The Morgan fingerprint density at radius 2 is 1.78 bits per heavy atom. The van der Waals surface area contributed by atoms with Crippen LogP contribution in [0.5, 0.6) is 0 Å². The zero-order valence-corrected chi connectivity index (χ0v) is 14.4. The summed E-state index contributed by atoms with van der Waals surface area (Å²) < 4.78 is 0. The van der Waals surface area contributed by atoms with E-state index in [1.165, 1.54) is 0 Å². The Morgan fingerprint density at radius 3 is 2.35 bits per heavy atom. The van der Waals surface area contributed by atoms with Gasteiger partial charge in [-0.05, 0) is 38.9 Å². The lowest BCUT2D eigenvalue weighted by atomic mass is 10.2. The molecule has 1 fully saturated rings. The lowest BCUT2D eigenvalue weighted by molar-refractivity contribution is -0.133. The second-order valence-corrected chi connectivity index (χ2v) is 5.76. The summed E-state index contributed by atoms with van der Waals surface area (Å²) in [6.45, 7) is 9.12. The zero-order valence-electron chi connectivity index (χ0n) is 14.4. The molecule has 0 bridgehead atoms. The Bertz CT molecular complexity index is 528. The number of amides is 2. The topological polar surface area (TPSA) is 43.9 Å². The maximum absolute atomic E-state index is 12.8. The van der Waals surface area contributed by atoms with Crippen molar-refractivity contribution >= 4 is 17.5 Å². The van der Waals surface area contributed by atoms with Crippen molar-refractivity contribution < 1.29 is 9.59 Å². The van der Waals surface area contributed by atoms with Crippen molar-refractivity contribution in [2.45, 2.75) is 33.2 Å². The van der Waals surface area contributed by atoms with Crippen LogP contribution >= 0.6 is 0 Å². The second-order valence-electron chi connectivity index (χ2n) is 5.76. The summed E-state index contributed by atoms with van der Waals surface area (Å²) in [5, 5.41) is 0. The van der Waals surface area contributed by atoms with Gasteiger partial charge < -0.3 is 9.80 Å². The summed E-state index contributed by atoms with van der Waals surface area (Å²) in [5.41, 5.74) is 0.936. The number of carbonyl (C=O) groups excluding carboxylic acids is 2. The lowest BCUT2D eigenvalue weighted by Gasteiger charge is -2.28. The molecule has 1 aromatic carbocycles. The fourth-order valence-corrected chi connectivity index (χ4v) is 3.16. The van der Waals surface area contributed by atoms with Gasteiger partial charge in [0.25, 0.3) is 0 Å². The van der Waals surface area contributed by atoms with Gasteiger partial charge in [-0.3, -0.25) is 14.5 Å². The highest BCUT2D eigenvalue weighted by Gasteiger charge is 2.36. The molecule has 1 aromatic rings. The predicted molar refractivity (Wildman–Crippen MR) is 92.4 cm³/mol. The maximum Gasteiger partial charge on any atom is 0.244 e. The van der Waals surface area contributed by atoms with E-state index < -0.39 is 0 Å². The molecule has 1 aliphatic rings. The Balaban J connectivity index is 2.05. The van der Waals surface area contributed by atoms with E-state index >= 15 is 0 Å². The lowest BCUT2D eigenvalue weighted by Crippen LogP contribution is -2.47. The van der Waals surface area contributed by atoms with Crippen LogP contribution in [0.1, 0.15) is 27.2 Å². The molecule has 126 valence electrons. The molecule has 0 N–H and O–H groups in total. The first-order chi connectivity index (χ1) is 11.1. The van der Waals surface area contributed by atoms with Gasteiger partial charge in [0, 0.05) is 25.3 Å². The smallest absolute Gasteiger partial charge is 0.244 e. The van der Waals surface area contributed by atoms with Gasteiger partial charge >= 0.3 is 0 Å². The van der Waals surface area contributed by atoms with E-state index in [2.05, 4.69) is 0 Å². The number of anilines is 1. The number of rotatable bonds is 7. The van der Waals surface area contributed by atoms with E-state index in [1.807, 2.05) is 65.8 Å². The molecule has 0 saturated carbocycles. The molecule has 5 heteroatoms. The van der Waals surface area contributed by atoms with Crippen LogP contribution in [-0.2, 0) is 9.59 Å². The molecule has 0 aromatic heterocycles. The normalized spacial score (nSPS) is 17.8. The predicted octanol–water partition coefficient (Wildman–Crippen LogP) is 1.98. The van der Waals surface area contributed by atoms with Crippen LogP contribution in [0.4, 0.5) is 5.69 Å². The van der Waals surface area contributed by atoms with Crippen LogP contribution in [0, 0.1) is 0 Å². The van der Waals surface area contributed by atoms with E-state index in [4.69, 9.17) is 0 Å². The molecule has 1 aliphatic heterocycles. The third-order valence-electron chi connectivity index (χ3n) is 4.55. The number of carbonyl (C=O) groups is 2. The van der Waals surface area contributed by atoms with Crippen LogP contribution in [0.3, 0.4) is 0 Å². The molecular weight excluding hydrogens is 290 g/mol. The monoisotopic (exact) mass is 317 g/mol. The van der Waals surface area contributed by atoms with Gasteiger partial charge in [0.15, 0.2) is 0 Å². The Morgan fingerprint density at radius 1 is 1.13 bits per heavy atom. The number of para-hydroxylation sites is 1. The number of benzene rings is 1. The first-order valence-corrected chi connectivity index (χ1v) is 8.50. The minimum atomic E-state index is -0.195. The van der Waals surface area contributed by atoms with Crippen LogP contribution in [0.2, 0.25) is 0 Å². The minimum absolute atomic E-state index is 0.0998. The zero-order chi connectivity index (χ0) is 16.8. The summed E-state index contributed by atoms with van der Waals surface area (Å²) in [6.07, 6.45) is 0.771. The highest BCUT2D eigenvalue weighted by molar-refractivity contribution is 5.99. The van der Waals surface area contributed by atoms with Crippen molar-refractivity contribution in [2.75, 3.05) is 37.6 Å². The Kier molecular flexibility index (Phi) is 6.16. The standard InChI is InChI=1S/C18H27N3O2/c1-4-19(5-2)17(22)14-20(6-3)16-12-13-21(18(16)23)15-10-8-7-9-11-15/h7-11,16H,4-6,12-14H2,1-3H3. The molecule has 0 aliphatic carbocycles. The third kappa shape index (κ3) is 3.91. The fourth-order valence-electron chi connectivity index (χ4n) is 3.16. The van der Waals surface area contributed by atoms with Gasteiger partial charge in [-0.25, -0.2) is 0 Å². The molecule has 1 heterocycles. The quantitative estimate of drug-likeness (QED) is 0.772. The fraction of sp³-hybridized carbons (Fsp3) is 0.556. The summed E-state index contributed by atoms with van der Waals surface area (Å²) in [7, 11) is 0. The second kappa shape index (κ2) is 8.11. The summed E-state index contributed by atoms with van der Waals surface area (Å²) in [5.74, 6) is 0.202. The largest absolute Gasteiger partial charge is 0.342 e. The van der Waals surface area contributed by atoms with Crippen molar-refractivity contribution in [3.63, 3.8) is 0 Å². The Hall–Kier alpha value is -1.88. The summed E-state index contributed by atoms with van der Waals surface area (Å²) >= 11 is 0. The highest BCUT2D eigenvalue weighted by Crippen LogP contribution is 2.24. The van der Waals surface area contributed by atoms with E-state index in [9.17, 15) is 9.59 Å². The molecule has 23 heavy (non-hydrogen) atoms. The van der Waals surface area contributed by atoms with E-state index in [-0.39, 0.29) is 17.9 Å². The minimum Gasteiger partial charge on any atom is -0.342 e. The molecule has 2 amide bonds. The van der Waals surface area contributed by atoms with Gasteiger partial charge in [-0.1, -0.05) is 25.1 Å². The van der Waals surface area contributed by atoms with Crippen LogP contribution in [0.25, 0.3) is 0 Å². The first kappa shape index (κ1) is 17.5. The SMILES string of the molecule is CCN(CC)C(=O)CN(CC)C1CCN(c2ccccc2)C1=O. The van der Waals surface area contributed by atoms with Crippen LogP contribution < -0.4 is 4.90 Å². The summed E-state index contributed by atoms with van der Waals surface area (Å²) in [6, 6.07) is 9.55. The maximum atomic E-state index is 12.8. The number of likely N-dealkylation sites (N-methyl/N-ethyl adjacent to an activating group) is 2. The van der Waals surface area contributed by atoms with Gasteiger partial charge in [0.1, 0.15) is 0 Å². The molecule has 0 spiro atoms. The van der Waals surface area contributed by atoms with Gasteiger partial charge in [-0.2, -0.15) is 0 Å². The molecule has 1 atom stereocenters. The molecular formula is C18H27N3O2. The number of hydrogen-bond acceptors (Lipinski definition) is 3. The van der Waals surface area contributed by atoms with Gasteiger partial charge in [0.05, 0.1) is 12.6 Å². The van der Waals surface area contributed by atoms with Crippen molar-refractivity contribution in [1.82, 2.24) is 9.80 Å². The van der Waals surface area contributed by atoms with E-state index in [0.29, 0.717) is 32.7 Å². The molecule has 5 nitrogen and oxygen atoms in total. The number of nitrogens with zero attached hydrogens (tertiary/aromatic N) is 3. The third-order valence-corrected chi connectivity index (χ3v) is 4.55. The highest BCUT2D eigenvalue weighted by atomic mass is 16.2. The van der Waals surface area contributed by atoms with Crippen molar-refractivity contribution in [1.29, 1.82) is 0 Å². The van der Waals surface area contributed by atoms with E-state index in [1.54, 1.807) is 0 Å². The van der Waals surface area contributed by atoms with Crippen LogP contribution in [-0.4, -0.2) is 60.4 Å². The average Bonchev–Trinajstić information content (AvgIpc) is 2.96. The molecule has 1 saturated heterocycles. The molecule has 1 unspecified atom stereocenters. The molecule has 0 radical (unpaired) electrons. The molecule has 2 rings (SSSR count). The summed E-state index contributed by atoms with van der Waals surface area (Å²) in [4.78, 5) is 30.8. The number of hydrogen-bond donors (Lipinski definition) is 0. The van der Waals surface area contributed by atoms with E-state index in [0.717, 1.165) is 12.1 Å². The van der Waals surface area contributed by atoms with Crippen molar-refractivity contribution in [2.24, 2.45) is 0 Å². The van der Waals surface area contributed by atoms with Crippen molar-refractivity contribution in [3.8, 4) is 0 Å². The van der Waals surface area contributed by atoms with Crippen LogP contribution in [0.15, 0.2) is 30.3 Å². The van der Waals surface area contributed by atoms with Gasteiger partial charge in [-0.15, -0.1) is 0 Å². The average molecular weight is 317 g/mol. The van der Waals surface area contributed by atoms with Crippen molar-refractivity contribution in [3.05, 3.63) is 30.3 Å².